The molecule has 0 unspecified atom stereocenters. The van der Waals surface area contributed by atoms with Crippen molar-refractivity contribution in [3.63, 3.8) is 0 Å². The van der Waals surface area contributed by atoms with Crippen LogP contribution in [0.3, 0.4) is 0 Å². The molecule has 2 N–H and O–H groups in total. The van der Waals surface area contributed by atoms with Crippen LogP contribution in [0.1, 0.15) is 25.6 Å². The highest BCUT2D eigenvalue weighted by atomic mass is 16.3. The number of aromatic amines is 1. The summed E-state index contributed by atoms with van der Waals surface area (Å²) in [6, 6.07) is 8.91. The third-order valence-corrected chi connectivity index (χ3v) is 4.50. The molecule has 1 fully saturated rings. The summed E-state index contributed by atoms with van der Waals surface area (Å²) in [6.45, 7) is 4.31. The summed E-state index contributed by atoms with van der Waals surface area (Å²) in [5.74, 6) is 0.760. The molecule has 1 aliphatic rings. The number of nitrogens with zero attached hydrogens (tertiary/aromatic N) is 3. The van der Waals surface area contributed by atoms with E-state index in [1.807, 2.05) is 6.07 Å². The van der Waals surface area contributed by atoms with E-state index in [4.69, 9.17) is 0 Å². The predicted octanol–water partition coefficient (Wildman–Crippen LogP) is 2.45. The molecule has 24 heavy (non-hydrogen) atoms. The first-order valence-electron chi connectivity index (χ1n) is 8.12. The molecule has 1 aromatic heterocycles. The molecule has 124 valence electrons. The summed E-state index contributed by atoms with van der Waals surface area (Å²) in [4.78, 5) is 21.2. The molecule has 6 heteroatoms. The molecule has 3 rings (SSSR count). The molecule has 6 nitrogen and oxygen atoms in total. The molecule has 2 aromatic rings. The maximum Gasteiger partial charge on any atom is 0.259 e. The number of aliphatic hydroxyl groups is 1. The molecule has 0 spiro atoms. The number of hydrogen-bond acceptors (Lipinski definition) is 5. The average Bonchev–Trinajstić information content (AvgIpc) is 2.58. The highest BCUT2D eigenvalue weighted by Crippen LogP contribution is 2.19. The van der Waals surface area contributed by atoms with Crippen molar-refractivity contribution < 1.29 is 5.11 Å². The van der Waals surface area contributed by atoms with E-state index in [1.165, 1.54) is 0 Å². The molecular formula is C18H20N4O2. The normalized spacial score (nSPS) is 17.5. The Hall–Kier alpha value is -2.65. The third-order valence-electron chi connectivity index (χ3n) is 4.50. The molecule has 2 heterocycles. The van der Waals surface area contributed by atoms with Crippen molar-refractivity contribution in [3.8, 4) is 6.07 Å². The Labute approximate surface area is 140 Å². The molecule has 0 amide bonds. The van der Waals surface area contributed by atoms with Gasteiger partial charge in [0.25, 0.3) is 5.56 Å². The minimum atomic E-state index is -0.317. The molecule has 1 aliphatic heterocycles. The Morgan fingerprint density at radius 2 is 2.12 bits per heavy atom. The minimum Gasteiger partial charge on any atom is -0.509 e. The SMILES string of the molecule is CC1CCN(C/C(O)=C(\C#N)c2nc3ccccc3c(=O)[nH]2)CC1. The van der Waals surface area contributed by atoms with Crippen molar-refractivity contribution in [1.82, 2.24) is 14.9 Å². The average molecular weight is 324 g/mol. The summed E-state index contributed by atoms with van der Waals surface area (Å²) < 4.78 is 0. The van der Waals surface area contributed by atoms with Crippen molar-refractivity contribution in [3.05, 3.63) is 46.2 Å². The lowest BCUT2D eigenvalue weighted by atomic mass is 9.99. The van der Waals surface area contributed by atoms with Crippen molar-refractivity contribution in [2.45, 2.75) is 19.8 Å². The summed E-state index contributed by atoms with van der Waals surface area (Å²) in [7, 11) is 0. The second-order valence-electron chi connectivity index (χ2n) is 6.32. The van der Waals surface area contributed by atoms with Gasteiger partial charge in [-0.1, -0.05) is 19.1 Å². The smallest absolute Gasteiger partial charge is 0.259 e. The maximum absolute atomic E-state index is 12.1. The molecule has 1 aromatic carbocycles. The molecule has 0 radical (unpaired) electrons. The topological polar surface area (TPSA) is 93.0 Å². The summed E-state index contributed by atoms with van der Waals surface area (Å²) >= 11 is 0. The van der Waals surface area contributed by atoms with Crippen molar-refractivity contribution in [2.75, 3.05) is 19.6 Å². The van der Waals surface area contributed by atoms with Gasteiger partial charge in [-0.3, -0.25) is 9.69 Å². The number of fused-ring (bicyclic) bond motifs is 1. The van der Waals surface area contributed by atoms with Gasteiger partial charge in [-0.25, -0.2) is 4.98 Å². The zero-order chi connectivity index (χ0) is 17.1. The zero-order valence-electron chi connectivity index (χ0n) is 13.6. The third kappa shape index (κ3) is 3.31. The van der Waals surface area contributed by atoms with Gasteiger partial charge in [0.2, 0.25) is 0 Å². The lowest BCUT2D eigenvalue weighted by molar-refractivity contribution is 0.185. The number of piperidine rings is 1. The van der Waals surface area contributed by atoms with Crippen molar-refractivity contribution >= 4 is 16.5 Å². The number of rotatable bonds is 3. The molecule has 0 aliphatic carbocycles. The summed E-state index contributed by atoms with van der Waals surface area (Å²) in [6.07, 6.45) is 2.17. The van der Waals surface area contributed by atoms with Crippen LogP contribution in [0.4, 0.5) is 0 Å². The Morgan fingerprint density at radius 1 is 1.42 bits per heavy atom. The van der Waals surface area contributed by atoms with Gasteiger partial charge in [-0.15, -0.1) is 0 Å². The minimum absolute atomic E-state index is 0.0245. The lowest BCUT2D eigenvalue weighted by Crippen LogP contribution is -2.34. The number of likely N-dealkylation sites (tertiary alicyclic amines) is 1. The van der Waals surface area contributed by atoms with Crippen LogP contribution in [0.25, 0.3) is 16.5 Å². The van der Waals surface area contributed by atoms with Gasteiger partial charge in [-0.2, -0.15) is 5.26 Å². The lowest BCUT2D eigenvalue weighted by Gasteiger charge is -2.29. The number of nitriles is 1. The van der Waals surface area contributed by atoms with E-state index in [0.29, 0.717) is 23.4 Å². The first kappa shape index (κ1) is 16.2. The van der Waals surface area contributed by atoms with Gasteiger partial charge in [0.1, 0.15) is 17.4 Å². The fraction of sp³-hybridized carbons (Fsp3) is 0.389. The number of allylic oxidation sites excluding steroid dienone is 1. The van der Waals surface area contributed by atoms with E-state index in [1.54, 1.807) is 24.3 Å². The second kappa shape index (κ2) is 6.85. The van der Waals surface area contributed by atoms with Crippen LogP contribution in [-0.2, 0) is 0 Å². The van der Waals surface area contributed by atoms with Crippen LogP contribution in [0.15, 0.2) is 34.8 Å². The summed E-state index contributed by atoms with van der Waals surface area (Å²) in [5.41, 5.74) is 0.211. The first-order chi connectivity index (χ1) is 11.6. The Bertz CT molecular complexity index is 870. The largest absolute Gasteiger partial charge is 0.509 e. The highest BCUT2D eigenvalue weighted by molar-refractivity contribution is 5.81. The molecular weight excluding hydrogens is 304 g/mol. The van der Waals surface area contributed by atoms with Crippen molar-refractivity contribution in [2.24, 2.45) is 5.92 Å². The molecule has 0 bridgehead atoms. The Kier molecular flexibility index (Phi) is 4.63. The number of aliphatic hydroxyl groups excluding tert-OH is 1. The van der Waals surface area contributed by atoms with Gasteiger partial charge in [0.15, 0.2) is 5.82 Å². The van der Waals surface area contributed by atoms with Gasteiger partial charge < -0.3 is 10.1 Å². The number of benzene rings is 1. The second-order valence-corrected chi connectivity index (χ2v) is 6.32. The van der Waals surface area contributed by atoms with E-state index in [0.717, 1.165) is 25.9 Å². The number of hydrogen-bond donors (Lipinski definition) is 2. The molecule has 0 atom stereocenters. The Morgan fingerprint density at radius 3 is 2.83 bits per heavy atom. The number of H-pyrrole nitrogens is 1. The van der Waals surface area contributed by atoms with E-state index in [-0.39, 0.29) is 22.7 Å². The number of nitrogens with one attached hydrogen (secondary N) is 1. The standard InChI is InChI=1S/C18H20N4O2/c1-12-6-8-22(9-7-12)11-16(23)14(10-19)17-20-15-5-3-2-4-13(15)18(24)21-17/h2-5,12,23H,6-9,11H2,1H3,(H,20,21,24)/b16-14-. The molecule has 1 saturated heterocycles. The van der Waals surface area contributed by atoms with Crippen LogP contribution < -0.4 is 5.56 Å². The van der Waals surface area contributed by atoms with Crippen LogP contribution in [0, 0.1) is 17.2 Å². The van der Waals surface area contributed by atoms with Gasteiger partial charge in [-0.05, 0) is 44.0 Å². The van der Waals surface area contributed by atoms with Crippen LogP contribution >= 0.6 is 0 Å². The van der Waals surface area contributed by atoms with Gasteiger partial charge in [0, 0.05) is 0 Å². The predicted molar refractivity (Wildman–Crippen MR) is 92.4 cm³/mol. The van der Waals surface area contributed by atoms with Crippen LogP contribution in [0.5, 0.6) is 0 Å². The van der Waals surface area contributed by atoms with E-state index >= 15 is 0 Å². The van der Waals surface area contributed by atoms with Gasteiger partial charge in [0.05, 0.1) is 17.4 Å². The fourth-order valence-corrected chi connectivity index (χ4v) is 2.97. The zero-order valence-corrected chi connectivity index (χ0v) is 13.6. The number of para-hydroxylation sites is 1. The highest BCUT2D eigenvalue weighted by Gasteiger charge is 2.19. The monoisotopic (exact) mass is 324 g/mol. The van der Waals surface area contributed by atoms with Gasteiger partial charge >= 0.3 is 0 Å². The Balaban J connectivity index is 1.93. The van der Waals surface area contributed by atoms with Crippen molar-refractivity contribution in [1.29, 1.82) is 5.26 Å². The van der Waals surface area contributed by atoms with E-state index in [9.17, 15) is 15.2 Å². The first-order valence-corrected chi connectivity index (χ1v) is 8.12. The van der Waals surface area contributed by atoms with E-state index < -0.39 is 0 Å². The van der Waals surface area contributed by atoms with E-state index in [2.05, 4.69) is 21.8 Å². The molecule has 0 saturated carbocycles. The summed E-state index contributed by atoms with van der Waals surface area (Å²) in [5, 5.41) is 20.3. The van der Waals surface area contributed by atoms with Crippen LogP contribution in [-0.4, -0.2) is 39.6 Å². The van der Waals surface area contributed by atoms with Crippen LogP contribution in [0.2, 0.25) is 0 Å². The quantitative estimate of drug-likeness (QED) is 0.668. The number of aromatic nitrogens is 2. The fourth-order valence-electron chi connectivity index (χ4n) is 2.97. The maximum atomic E-state index is 12.1.